The molecule has 0 saturated heterocycles. The summed E-state index contributed by atoms with van der Waals surface area (Å²) < 4.78 is 5.41. The van der Waals surface area contributed by atoms with E-state index in [-0.39, 0.29) is 11.1 Å². The van der Waals surface area contributed by atoms with Gasteiger partial charge in [-0.3, -0.25) is 4.79 Å². The van der Waals surface area contributed by atoms with Crippen molar-refractivity contribution in [2.75, 3.05) is 5.32 Å². The van der Waals surface area contributed by atoms with Crippen LogP contribution in [0.15, 0.2) is 16.5 Å². The van der Waals surface area contributed by atoms with E-state index in [0.717, 1.165) is 11.3 Å². The molecule has 0 radical (unpaired) electrons. The van der Waals surface area contributed by atoms with Gasteiger partial charge in [0.1, 0.15) is 11.5 Å². The molecule has 2 rings (SSSR count). The number of hydrogen-bond acceptors (Lipinski definition) is 4. The molecule has 2 aromatic heterocycles. The summed E-state index contributed by atoms with van der Waals surface area (Å²) in [5, 5.41) is 10.3. The number of carbonyl (C=O) groups is 1. The van der Waals surface area contributed by atoms with Crippen molar-refractivity contribution < 1.29 is 9.21 Å². The third-order valence-corrected chi connectivity index (χ3v) is 2.86. The standard InChI is InChI=1S/C12H12ClN3O2/c1-6-7(2)18-8(3)11(6)12(17)14-10-5-4-9(13)15-16-10/h4-5H,1-3H3,(H,14,16,17). The lowest BCUT2D eigenvalue weighted by molar-refractivity contribution is 0.102. The van der Waals surface area contributed by atoms with Crippen LogP contribution in [0, 0.1) is 20.8 Å². The minimum absolute atomic E-state index is 0.265. The molecule has 18 heavy (non-hydrogen) atoms. The molecule has 0 saturated carbocycles. The van der Waals surface area contributed by atoms with E-state index in [2.05, 4.69) is 15.5 Å². The third-order valence-electron chi connectivity index (χ3n) is 2.66. The van der Waals surface area contributed by atoms with Crippen LogP contribution in [0.4, 0.5) is 5.82 Å². The number of rotatable bonds is 2. The Morgan fingerprint density at radius 3 is 2.44 bits per heavy atom. The predicted octanol–water partition coefficient (Wildman–Crippen LogP) is 2.90. The first-order valence-electron chi connectivity index (χ1n) is 5.36. The third kappa shape index (κ3) is 2.36. The number of amides is 1. The molecule has 94 valence electrons. The average molecular weight is 266 g/mol. The average Bonchev–Trinajstić information content (AvgIpc) is 2.56. The first-order valence-corrected chi connectivity index (χ1v) is 5.74. The van der Waals surface area contributed by atoms with Gasteiger partial charge in [-0.05, 0) is 32.9 Å². The Hall–Kier alpha value is -1.88. The Bertz CT molecular complexity index is 590. The van der Waals surface area contributed by atoms with Crippen molar-refractivity contribution in [1.29, 1.82) is 0 Å². The Labute approximate surface area is 109 Å². The van der Waals surface area contributed by atoms with Crippen LogP contribution in [0.3, 0.4) is 0 Å². The normalized spacial score (nSPS) is 10.4. The number of aromatic nitrogens is 2. The van der Waals surface area contributed by atoms with Crippen LogP contribution >= 0.6 is 11.6 Å². The summed E-state index contributed by atoms with van der Waals surface area (Å²) in [6, 6.07) is 3.15. The number of furan rings is 1. The highest BCUT2D eigenvalue weighted by molar-refractivity contribution is 6.29. The molecule has 0 unspecified atom stereocenters. The number of halogens is 1. The molecule has 0 bridgehead atoms. The van der Waals surface area contributed by atoms with Crippen molar-refractivity contribution >= 4 is 23.3 Å². The molecule has 6 heteroatoms. The zero-order valence-corrected chi connectivity index (χ0v) is 11.0. The van der Waals surface area contributed by atoms with Crippen LogP contribution < -0.4 is 5.32 Å². The van der Waals surface area contributed by atoms with E-state index < -0.39 is 0 Å². The predicted molar refractivity (Wildman–Crippen MR) is 67.9 cm³/mol. The van der Waals surface area contributed by atoms with Crippen LogP contribution in [-0.4, -0.2) is 16.1 Å². The molecule has 0 aliphatic heterocycles. The highest BCUT2D eigenvalue weighted by atomic mass is 35.5. The van der Waals surface area contributed by atoms with Crippen molar-refractivity contribution in [1.82, 2.24) is 10.2 Å². The molecular weight excluding hydrogens is 254 g/mol. The van der Waals surface area contributed by atoms with Gasteiger partial charge in [0.05, 0.1) is 5.56 Å². The number of nitrogens with one attached hydrogen (secondary N) is 1. The maximum absolute atomic E-state index is 12.1. The molecule has 1 amide bonds. The van der Waals surface area contributed by atoms with Gasteiger partial charge < -0.3 is 9.73 Å². The molecule has 5 nitrogen and oxygen atoms in total. The fourth-order valence-electron chi connectivity index (χ4n) is 1.69. The van der Waals surface area contributed by atoms with Crippen molar-refractivity contribution in [2.45, 2.75) is 20.8 Å². The summed E-state index contributed by atoms with van der Waals surface area (Å²) in [5.41, 5.74) is 1.36. The van der Waals surface area contributed by atoms with Crippen LogP contribution in [0.1, 0.15) is 27.4 Å². The van der Waals surface area contributed by atoms with Gasteiger partial charge in [-0.15, -0.1) is 10.2 Å². The highest BCUT2D eigenvalue weighted by Gasteiger charge is 2.18. The second kappa shape index (κ2) is 4.78. The van der Waals surface area contributed by atoms with Gasteiger partial charge in [0.25, 0.3) is 5.91 Å². The summed E-state index contributed by atoms with van der Waals surface area (Å²) in [5.74, 6) is 1.41. The van der Waals surface area contributed by atoms with E-state index in [9.17, 15) is 4.79 Å². The summed E-state index contributed by atoms with van der Waals surface area (Å²) in [6.07, 6.45) is 0. The lowest BCUT2D eigenvalue weighted by atomic mass is 10.1. The van der Waals surface area contributed by atoms with E-state index in [1.807, 2.05) is 13.8 Å². The van der Waals surface area contributed by atoms with Crippen LogP contribution in [0.5, 0.6) is 0 Å². The van der Waals surface area contributed by atoms with Crippen molar-refractivity contribution in [3.05, 3.63) is 39.9 Å². The summed E-state index contributed by atoms with van der Waals surface area (Å²) in [6.45, 7) is 5.41. The Morgan fingerprint density at radius 1 is 1.22 bits per heavy atom. The van der Waals surface area contributed by atoms with Crippen LogP contribution in [0.25, 0.3) is 0 Å². The molecule has 0 spiro atoms. The van der Waals surface area contributed by atoms with Gasteiger partial charge in [-0.2, -0.15) is 0 Å². The number of carbonyl (C=O) groups excluding carboxylic acids is 1. The molecule has 0 atom stereocenters. The zero-order chi connectivity index (χ0) is 13.3. The minimum Gasteiger partial charge on any atom is -0.466 e. The lowest BCUT2D eigenvalue weighted by Crippen LogP contribution is -2.14. The molecule has 0 aliphatic carbocycles. The minimum atomic E-state index is -0.265. The molecule has 1 N–H and O–H groups in total. The van der Waals surface area contributed by atoms with Gasteiger partial charge >= 0.3 is 0 Å². The van der Waals surface area contributed by atoms with E-state index in [0.29, 0.717) is 17.1 Å². The second-order valence-electron chi connectivity index (χ2n) is 3.91. The van der Waals surface area contributed by atoms with Crippen molar-refractivity contribution in [2.24, 2.45) is 0 Å². The number of aryl methyl sites for hydroxylation is 2. The number of anilines is 1. The van der Waals surface area contributed by atoms with E-state index in [1.54, 1.807) is 19.1 Å². The first kappa shape index (κ1) is 12.6. The quantitative estimate of drug-likeness (QED) is 0.906. The van der Waals surface area contributed by atoms with E-state index >= 15 is 0 Å². The first-order chi connectivity index (χ1) is 8.49. The summed E-state index contributed by atoms with van der Waals surface area (Å²) >= 11 is 5.62. The smallest absolute Gasteiger partial charge is 0.260 e. The van der Waals surface area contributed by atoms with Crippen molar-refractivity contribution in [3.8, 4) is 0 Å². The Kier molecular flexibility index (Phi) is 3.34. The number of nitrogens with zero attached hydrogens (tertiary/aromatic N) is 2. The maximum Gasteiger partial charge on any atom is 0.260 e. The molecule has 2 heterocycles. The van der Waals surface area contributed by atoms with Crippen molar-refractivity contribution in [3.63, 3.8) is 0 Å². The van der Waals surface area contributed by atoms with Gasteiger partial charge in [0.2, 0.25) is 0 Å². The van der Waals surface area contributed by atoms with Gasteiger partial charge in [-0.1, -0.05) is 11.6 Å². The second-order valence-corrected chi connectivity index (χ2v) is 4.30. The molecule has 0 aliphatic rings. The monoisotopic (exact) mass is 265 g/mol. The maximum atomic E-state index is 12.1. The topological polar surface area (TPSA) is 68.0 Å². The molecule has 0 fully saturated rings. The van der Waals surface area contributed by atoms with E-state index in [1.165, 1.54) is 0 Å². The Balaban J connectivity index is 2.24. The summed E-state index contributed by atoms with van der Waals surface area (Å²) in [4.78, 5) is 12.1. The Morgan fingerprint density at radius 2 is 1.94 bits per heavy atom. The largest absolute Gasteiger partial charge is 0.466 e. The fourth-order valence-corrected chi connectivity index (χ4v) is 1.79. The fraction of sp³-hybridized carbons (Fsp3) is 0.250. The lowest BCUT2D eigenvalue weighted by Gasteiger charge is -2.03. The van der Waals surface area contributed by atoms with Gasteiger partial charge in [-0.25, -0.2) is 0 Å². The molecular formula is C12H12ClN3O2. The van der Waals surface area contributed by atoms with Gasteiger partial charge in [0, 0.05) is 5.56 Å². The molecule has 0 aromatic carbocycles. The number of hydrogen-bond donors (Lipinski definition) is 1. The highest BCUT2D eigenvalue weighted by Crippen LogP contribution is 2.21. The van der Waals surface area contributed by atoms with Crippen LogP contribution in [0.2, 0.25) is 5.15 Å². The summed E-state index contributed by atoms with van der Waals surface area (Å²) in [7, 11) is 0. The van der Waals surface area contributed by atoms with Gasteiger partial charge in [0.15, 0.2) is 11.0 Å². The zero-order valence-electron chi connectivity index (χ0n) is 10.2. The van der Waals surface area contributed by atoms with Crippen LogP contribution in [-0.2, 0) is 0 Å². The SMILES string of the molecule is Cc1oc(C)c(C(=O)Nc2ccc(Cl)nn2)c1C. The van der Waals surface area contributed by atoms with E-state index in [4.69, 9.17) is 16.0 Å². The molecule has 2 aromatic rings.